The number of benzene rings is 1. The van der Waals surface area contributed by atoms with E-state index in [1.807, 2.05) is 0 Å². The molecule has 2 atom stereocenters. The zero-order valence-electron chi connectivity index (χ0n) is 10.2. The molecule has 0 unspecified atom stereocenters. The fourth-order valence-corrected chi connectivity index (χ4v) is 4.02. The van der Waals surface area contributed by atoms with Gasteiger partial charge in [0.25, 0.3) is 0 Å². The predicted octanol–water partition coefficient (Wildman–Crippen LogP) is 2.63. The summed E-state index contributed by atoms with van der Waals surface area (Å²) in [6.07, 6.45) is 2.56. The van der Waals surface area contributed by atoms with Crippen LogP contribution in [0.5, 0.6) is 0 Å². The minimum absolute atomic E-state index is 0.488. The van der Waals surface area contributed by atoms with Crippen molar-refractivity contribution in [3.8, 4) is 0 Å². The molecular weight excluding hydrogens is 194 g/mol. The van der Waals surface area contributed by atoms with Crippen molar-refractivity contribution in [2.75, 3.05) is 6.54 Å². The van der Waals surface area contributed by atoms with Crippen molar-refractivity contribution in [3.63, 3.8) is 0 Å². The Morgan fingerprint density at radius 2 is 1.75 bits per heavy atom. The van der Waals surface area contributed by atoms with Crippen molar-refractivity contribution in [1.82, 2.24) is 0 Å². The molecule has 3 rings (SSSR count). The molecule has 1 fully saturated rings. The molecule has 1 nitrogen and oxygen atoms in total. The molecule has 0 radical (unpaired) electrons. The van der Waals surface area contributed by atoms with E-state index in [1.54, 1.807) is 11.1 Å². The van der Waals surface area contributed by atoms with E-state index >= 15 is 0 Å². The fraction of sp³-hybridized carbons (Fsp3) is 0.600. The molecule has 0 saturated heterocycles. The van der Waals surface area contributed by atoms with Gasteiger partial charge in [0, 0.05) is 0 Å². The highest BCUT2D eigenvalue weighted by atomic mass is 14.7. The third-order valence-corrected chi connectivity index (χ3v) is 4.98. The molecule has 2 aliphatic rings. The van der Waals surface area contributed by atoms with Crippen LogP contribution in [0.4, 0.5) is 0 Å². The lowest BCUT2D eigenvalue weighted by Gasteiger charge is -2.10. The van der Waals surface area contributed by atoms with Crippen molar-refractivity contribution in [2.45, 2.75) is 26.7 Å². The van der Waals surface area contributed by atoms with Crippen molar-refractivity contribution >= 4 is 0 Å². The smallest absolute Gasteiger partial charge is 0.00407 e. The molecule has 0 amide bonds. The third-order valence-electron chi connectivity index (χ3n) is 4.98. The van der Waals surface area contributed by atoms with Crippen LogP contribution in [0.25, 0.3) is 0 Å². The molecule has 1 saturated carbocycles. The number of hydrogen-bond donors (Lipinski definition) is 1. The first-order valence-corrected chi connectivity index (χ1v) is 6.41. The maximum absolute atomic E-state index is 5.87. The van der Waals surface area contributed by atoms with Gasteiger partial charge in [-0.2, -0.15) is 0 Å². The van der Waals surface area contributed by atoms with Crippen LogP contribution in [0.3, 0.4) is 0 Å². The fourth-order valence-electron chi connectivity index (χ4n) is 4.02. The van der Waals surface area contributed by atoms with E-state index in [2.05, 4.69) is 38.1 Å². The molecule has 0 heterocycles. The summed E-state index contributed by atoms with van der Waals surface area (Å²) in [4.78, 5) is 0. The zero-order chi connectivity index (χ0) is 11.3. The zero-order valence-corrected chi connectivity index (χ0v) is 10.2. The summed E-state index contributed by atoms with van der Waals surface area (Å²) in [6, 6.07) is 8.92. The Labute approximate surface area is 98.0 Å². The van der Waals surface area contributed by atoms with Gasteiger partial charge in [0.15, 0.2) is 0 Å². The molecule has 0 aromatic heterocycles. The standard InChI is InChI=1S/C15H21N/c1-15(2)13(9-16)14(15)12-7-10-5-3-4-6-11(10)8-12/h3-6,12-14H,7-9,16H2,1-2H3/t13-,14-/m0/s1. The second-order valence-corrected chi connectivity index (χ2v) is 6.13. The summed E-state index contributed by atoms with van der Waals surface area (Å²) in [5.74, 6) is 2.46. The first kappa shape index (κ1) is 10.3. The van der Waals surface area contributed by atoms with Gasteiger partial charge in [-0.3, -0.25) is 0 Å². The van der Waals surface area contributed by atoms with E-state index in [4.69, 9.17) is 5.73 Å². The number of nitrogens with two attached hydrogens (primary N) is 1. The summed E-state index contributed by atoms with van der Waals surface area (Å²) >= 11 is 0. The van der Waals surface area contributed by atoms with Gasteiger partial charge >= 0.3 is 0 Å². The van der Waals surface area contributed by atoms with Crippen molar-refractivity contribution in [3.05, 3.63) is 35.4 Å². The van der Waals surface area contributed by atoms with Crippen LogP contribution >= 0.6 is 0 Å². The van der Waals surface area contributed by atoms with Crippen LogP contribution in [0.2, 0.25) is 0 Å². The van der Waals surface area contributed by atoms with Crippen LogP contribution in [-0.4, -0.2) is 6.54 Å². The molecular formula is C15H21N. The van der Waals surface area contributed by atoms with E-state index in [9.17, 15) is 0 Å². The predicted molar refractivity (Wildman–Crippen MR) is 67.2 cm³/mol. The highest BCUT2D eigenvalue weighted by molar-refractivity contribution is 5.33. The molecule has 0 spiro atoms. The maximum Gasteiger partial charge on any atom is -0.00407 e. The molecule has 86 valence electrons. The van der Waals surface area contributed by atoms with Gasteiger partial charge in [0.2, 0.25) is 0 Å². The number of rotatable bonds is 2. The molecule has 1 heteroatoms. The van der Waals surface area contributed by atoms with Gasteiger partial charge in [-0.25, -0.2) is 0 Å². The van der Waals surface area contributed by atoms with Gasteiger partial charge in [-0.1, -0.05) is 38.1 Å². The topological polar surface area (TPSA) is 26.0 Å². The van der Waals surface area contributed by atoms with E-state index in [0.717, 1.165) is 24.3 Å². The Morgan fingerprint density at radius 1 is 1.19 bits per heavy atom. The van der Waals surface area contributed by atoms with Crippen LogP contribution in [0.1, 0.15) is 25.0 Å². The Kier molecular flexibility index (Phi) is 2.16. The third kappa shape index (κ3) is 1.34. The van der Waals surface area contributed by atoms with Crippen molar-refractivity contribution < 1.29 is 0 Å². The van der Waals surface area contributed by atoms with E-state index in [-0.39, 0.29) is 0 Å². The first-order valence-electron chi connectivity index (χ1n) is 6.41. The first-order chi connectivity index (χ1) is 7.64. The second kappa shape index (κ2) is 3.33. The van der Waals surface area contributed by atoms with E-state index in [0.29, 0.717) is 5.41 Å². The quantitative estimate of drug-likeness (QED) is 0.806. The summed E-state index contributed by atoms with van der Waals surface area (Å²) in [6.45, 7) is 5.64. The lowest BCUT2D eigenvalue weighted by atomic mass is 9.94. The molecule has 0 bridgehead atoms. The molecule has 2 N–H and O–H groups in total. The van der Waals surface area contributed by atoms with E-state index < -0.39 is 0 Å². The Bertz CT molecular complexity index is 383. The summed E-state index contributed by atoms with van der Waals surface area (Å²) in [7, 11) is 0. The van der Waals surface area contributed by atoms with Gasteiger partial charge in [-0.05, 0) is 53.7 Å². The van der Waals surface area contributed by atoms with Gasteiger partial charge in [-0.15, -0.1) is 0 Å². The Morgan fingerprint density at radius 3 is 2.19 bits per heavy atom. The van der Waals surface area contributed by atoms with Gasteiger partial charge in [0.05, 0.1) is 0 Å². The highest BCUT2D eigenvalue weighted by Gasteiger charge is 2.59. The van der Waals surface area contributed by atoms with Crippen LogP contribution in [0.15, 0.2) is 24.3 Å². The summed E-state index contributed by atoms with van der Waals surface area (Å²) in [5.41, 5.74) is 9.51. The SMILES string of the molecule is CC1(C)[C@@H](CN)[C@@H]1C1Cc2ccccc2C1. The maximum atomic E-state index is 5.87. The van der Waals surface area contributed by atoms with Gasteiger partial charge in [0.1, 0.15) is 0 Å². The van der Waals surface area contributed by atoms with Crippen LogP contribution in [0, 0.1) is 23.2 Å². The lowest BCUT2D eigenvalue weighted by molar-refractivity contribution is 0.408. The molecule has 2 aliphatic carbocycles. The molecule has 1 aromatic carbocycles. The van der Waals surface area contributed by atoms with Gasteiger partial charge < -0.3 is 5.73 Å². The van der Waals surface area contributed by atoms with Crippen LogP contribution in [-0.2, 0) is 12.8 Å². The number of hydrogen-bond acceptors (Lipinski definition) is 1. The second-order valence-electron chi connectivity index (χ2n) is 6.13. The molecule has 1 aromatic rings. The largest absolute Gasteiger partial charge is 0.330 e. The Hall–Kier alpha value is -0.820. The highest BCUT2D eigenvalue weighted by Crippen LogP contribution is 2.63. The summed E-state index contributed by atoms with van der Waals surface area (Å²) < 4.78 is 0. The normalized spacial score (nSPS) is 31.4. The average Bonchev–Trinajstić information content (AvgIpc) is 2.65. The minimum Gasteiger partial charge on any atom is -0.330 e. The van der Waals surface area contributed by atoms with Crippen molar-refractivity contribution in [2.24, 2.45) is 28.9 Å². The monoisotopic (exact) mass is 215 g/mol. The Balaban J connectivity index is 1.78. The molecule has 16 heavy (non-hydrogen) atoms. The minimum atomic E-state index is 0.488. The van der Waals surface area contributed by atoms with E-state index in [1.165, 1.54) is 12.8 Å². The van der Waals surface area contributed by atoms with Crippen LogP contribution < -0.4 is 5.73 Å². The molecule has 0 aliphatic heterocycles. The lowest BCUT2D eigenvalue weighted by Crippen LogP contribution is -2.09. The average molecular weight is 215 g/mol. The summed E-state index contributed by atoms with van der Waals surface area (Å²) in [5, 5.41) is 0. The van der Waals surface area contributed by atoms with Crippen molar-refractivity contribution in [1.29, 1.82) is 0 Å². The number of fused-ring (bicyclic) bond motifs is 1.